The highest BCUT2D eigenvalue weighted by Crippen LogP contribution is 2.42. The van der Waals surface area contributed by atoms with Crippen molar-refractivity contribution in [3.05, 3.63) is 75.9 Å². The summed E-state index contributed by atoms with van der Waals surface area (Å²) in [6.07, 6.45) is 2.72. The summed E-state index contributed by atoms with van der Waals surface area (Å²) in [5.41, 5.74) is 12.7. The Morgan fingerprint density at radius 1 is 1.17 bits per heavy atom. The van der Waals surface area contributed by atoms with Gasteiger partial charge in [-0.2, -0.15) is 0 Å². The van der Waals surface area contributed by atoms with E-state index in [1.165, 1.54) is 11.1 Å². The van der Waals surface area contributed by atoms with E-state index in [2.05, 4.69) is 40.3 Å². The largest absolute Gasteiger partial charge is 0.368 e. The Labute approximate surface area is 140 Å². The van der Waals surface area contributed by atoms with Crippen molar-refractivity contribution in [2.75, 3.05) is 5.73 Å². The highest BCUT2D eigenvalue weighted by Gasteiger charge is 2.27. The van der Waals surface area contributed by atoms with Crippen LogP contribution >= 0.6 is 11.6 Å². The van der Waals surface area contributed by atoms with Crippen LogP contribution in [0.1, 0.15) is 28.2 Å². The maximum absolute atomic E-state index is 6.18. The Balaban J connectivity index is 1.90. The van der Waals surface area contributed by atoms with Gasteiger partial charge < -0.3 is 5.73 Å². The minimum Gasteiger partial charge on any atom is -0.368 e. The molecule has 2 aromatic carbocycles. The molecule has 0 bridgehead atoms. The van der Waals surface area contributed by atoms with Gasteiger partial charge in [-0.1, -0.05) is 48.0 Å². The minimum absolute atomic E-state index is 0.280. The van der Waals surface area contributed by atoms with Gasteiger partial charge in [-0.15, -0.1) is 0 Å². The lowest BCUT2D eigenvalue weighted by atomic mass is 9.77. The van der Waals surface area contributed by atoms with Crippen molar-refractivity contribution in [3.63, 3.8) is 0 Å². The molecule has 3 nitrogen and oxygen atoms in total. The lowest BCUT2D eigenvalue weighted by Crippen LogP contribution is -2.15. The molecule has 0 fully saturated rings. The first-order valence-corrected chi connectivity index (χ1v) is 7.98. The molecule has 1 unspecified atom stereocenters. The van der Waals surface area contributed by atoms with Gasteiger partial charge in [0.2, 0.25) is 5.95 Å². The van der Waals surface area contributed by atoms with Gasteiger partial charge in [0.15, 0.2) is 0 Å². The van der Waals surface area contributed by atoms with E-state index in [0.29, 0.717) is 5.95 Å². The lowest BCUT2D eigenvalue weighted by Gasteiger charge is -2.27. The van der Waals surface area contributed by atoms with E-state index >= 15 is 0 Å². The van der Waals surface area contributed by atoms with Crippen LogP contribution in [-0.4, -0.2) is 9.97 Å². The Morgan fingerprint density at radius 3 is 2.83 bits per heavy atom. The molecule has 2 N–H and O–H groups in total. The van der Waals surface area contributed by atoms with Crippen LogP contribution in [0, 0.1) is 6.92 Å². The second kappa shape index (κ2) is 5.36. The molecule has 4 heteroatoms. The predicted molar refractivity (Wildman–Crippen MR) is 93.6 cm³/mol. The molecule has 0 spiro atoms. The van der Waals surface area contributed by atoms with E-state index in [4.69, 9.17) is 17.3 Å². The first kappa shape index (κ1) is 14.2. The quantitative estimate of drug-likeness (QED) is 0.723. The third-order valence-electron chi connectivity index (χ3n) is 4.48. The fraction of sp³-hybridized carbons (Fsp3) is 0.158. The maximum Gasteiger partial charge on any atom is 0.220 e. The fourth-order valence-electron chi connectivity index (χ4n) is 3.33. The van der Waals surface area contributed by atoms with Crippen molar-refractivity contribution < 1.29 is 0 Å². The zero-order valence-corrected chi connectivity index (χ0v) is 13.5. The number of fused-ring (bicyclic) bond motifs is 3. The summed E-state index contributed by atoms with van der Waals surface area (Å²) >= 11 is 6.18. The molecule has 1 aromatic heterocycles. The predicted octanol–water partition coefficient (Wildman–Crippen LogP) is 4.38. The molecule has 0 radical (unpaired) electrons. The van der Waals surface area contributed by atoms with Crippen molar-refractivity contribution in [2.45, 2.75) is 19.3 Å². The standard InChI is InChI=1S/C19H16ClN3/c1-11-8-12(6-7-17(11)20)16-9-13-10-22-19(21)23-18(13)15-5-3-2-4-14(15)16/h2-8,10,16H,9H2,1H3,(H2,21,22,23). The van der Waals surface area contributed by atoms with Gasteiger partial charge in [-0.3, -0.25) is 0 Å². The van der Waals surface area contributed by atoms with Gasteiger partial charge in [0.05, 0.1) is 5.69 Å². The van der Waals surface area contributed by atoms with Gasteiger partial charge in [0.1, 0.15) is 0 Å². The van der Waals surface area contributed by atoms with Gasteiger partial charge >= 0.3 is 0 Å². The van der Waals surface area contributed by atoms with Crippen molar-refractivity contribution in [1.29, 1.82) is 0 Å². The lowest BCUT2D eigenvalue weighted by molar-refractivity contribution is 0.782. The number of halogens is 1. The van der Waals surface area contributed by atoms with Gasteiger partial charge in [-0.05, 0) is 41.7 Å². The molecule has 1 atom stereocenters. The van der Waals surface area contributed by atoms with E-state index in [0.717, 1.165) is 33.8 Å². The average molecular weight is 322 g/mol. The van der Waals surface area contributed by atoms with Crippen LogP contribution in [0.15, 0.2) is 48.7 Å². The summed E-state index contributed by atoms with van der Waals surface area (Å²) in [6, 6.07) is 14.7. The summed E-state index contributed by atoms with van der Waals surface area (Å²) in [7, 11) is 0. The van der Waals surface area contributed by atoms with Crippen LogP contribution in [0.5, 0.6) is 0 Å². The molecule has 0 amide bonds. The topological polar surface area (TPSA) is 51.8 Å². The summed E-state index contributed by atoms with van der Waals surface area (Å²) in [5, 5.41) is 0.800. The number of nitrogens with zero attached hydrogens (tertiary/aromatic N) is 2. The first-order valence-electron chi connectivity index (χ1n) is 7.60. The number of anilines is 1. The number of aryl methyl sites for hydroxylation is 1. The van der Waals surface area contributed by atoms with Crippen LogP contribution in [-0.2, 0) is 6.42 Å². The summed E-state index contributed by atoms with van der Waals surface area (Å²) < 4.78 is 0. The van der Waals surface area contributed by atoms with E-state index in [-0.39, 0.29) is 5.92 Å². The number of benzene rings is 2. The number of hydrogen-bond acceptors (Lipinski definition) is 3. The van der Waals surface area contributed by atoms with Crippen molar-refractivity contribution in [2.24, 2.45) is 0 Å². The van der Waals surface area contributed by atoms with E-state index < -0.39 is 0 Å². The first-order chi connectivity index (χ1) is 11.1. The third kappa shape index (κ3) is 2.37. The number of aromatic nitrogens is 2. The Morgan fingerprint density at radius 2 is 2.00 bits per heavy atom. The van der Waals surface area contributed by atoms with Crippen LogP contribution in [0.25, 0.3) is 11.3 Å². The van der Waals surface area contributed by atoms with Crippen molar-refractivity contribution in [1.82, 2.24) is 9.97 Å². The molecule has 3 aromatic rings. The second-order valence-corrected chi connectivity index (χ2v) is 6.36. The van der Waals surface area contributed by atoms with E-state index in [1.54, 1.807) is 0 Å². The van der Waals surface area contributed by atoms with Gasteiger partial charge in [-0.25, -0.2) is 9.97 Å². The molecule has 114 valence electrons. The minimum atomic E-state index is 0.280. The van der Waals surface area contributed by atoms with Crippen molar-refractivity contribution in [3.8, 4) is 11.3 Å². The monoisotopic (exact) mass is 321 g/mol. The molecular weight excluding hydrogens is 306 g/mol. The molecule has 0 saturated heterocycles. The van der Waals surface area contributed by atoms with Crippen LogP contribution in [0.3, 0.4) is 0 Å². The molecule has 1 aliphatic rings. The summed E-state index contributed by atoms with van der Waals surface area (Å²) in [6.45, 7) is 2.04. The molecular formula is C19H16ClN3. The third-order valence-corrected chi connectivity index (χ3v) is 4.91. The Hall–Kier alpha value is -2.39. The number of rotatable bonds is 1. The number of nitrogens with two attached hydrogens (primary N) is 1. The number of hydrogen-bond donors (Lipinski definition) is 1. The summed E-state index contributed by atoms with van der Waals surface area (Å²) in [5.74, 6) is 0.598. The smallest absolute Gasteiger partial charge is 0.220 e. The van der Waals surface area contributed by atoms with E-state index in [1.807, 2.05) is 25.3 Å². The highest BCUT2D eigenvalue weighted by molar-refractivity contribution is 6.31. The zero-order chi connectivity index (χ0) is 16.0. The Bertz CT molecular complexity index is 905. The fourth-order valence-corrected chi connectivity index (χ4v) is 3.45. The average Bonchev–Trinajstić information content (AvgIpc) is 2.57. The van der Waals surface area contributed by atoms with Crippen LogP contribution in [0.2, 0.25) is 5.02 Å². The molecule has 0 aliphatic heterocycles. The van der Waals surface area contributed by atoms with E-state index in [9.17, 15) is 0 Å². The maximum atomic E-state index is 6.18. The molecule has 0 saturated carbocycles. The van der Waals surface area contributed by atoms with Gasteiger partial charge in [0, 0.05) is 22.7 Å². The second-order valence-electron chi connectivity index (χ2n) is 5.95. The Kier molecular flexibility index (Phi) is 3.31. The van der Waals surface area contributed by atoms with Crippen LogP contribution in [0.4, 0.5) is 5.95 Å². The SMILES string of the molecule is Cc1cc(C2Cc3cnc(N)nc3-c3ccccc32)ccc1Cl. The highest BCUT2D eigenvalue weighted by atomic mass is 35.5. The molecule has 4 rings (SSSR count). The van der Waals surface area contributed by atoms with Gasteiger partial charge in [0.25, 0.3) is 0 Å². The normalized spacial score (nSPS) is 15.8. The molecule has 1 heterocycles. The number of nitrogen functional groups attached to an aromatic ring is 1. The molecule has 23 heavy (non-hydrogen) atoms. The van der Waals surface area contributed by atoms with Crippen LogP contribution < -0.4 is 5.73 Å². The van der Waals surface area contributed by atoms with Crippen molar-refractivity contribution >= 4 is 17.5 Å². The zero-order valence-electron chi connectivity index (χ0n) is 12.8. The summed E-state index contributed by atoms with van der Waals surface area (Å²) in [4.78, 5) is 8.63. The molecule has 1 aliphatic carbocycles.